The summed E-state index contributed by atoms with van der Waals surface area (Å²) in [5.41, 5.74) is 0. The number of rotatable bonds is 7. The molecule has 1 aliphatic heterocycles. The van der Waals surface area contributed by atoms with Crippen LogP contribution in [0.1, 0.15) is 37.8 Å². The predicted molar refractivity (Wildman–Crippen MR) is 128 cm³/mol. The minimum Gasteiger partial charge on any atom is -0.357 e. The summed E-state index contributed by atoms with van der Waals surface area (Å²) in [7, 11) is 0. The zero-order valence-electron chi connectivity index (χ0n) is 16.2. The summed E-state index contributed by atoms with van der Waals surface area (Å²) in [6.07, 6.45) is 4.69. The van der Waals surface area contributed by atoms with Crippen molar-refractivity contribution in [2.24, 2.45) is 4.99 Å². The molecule has 0 bridgehead atoms. The first-order valence-corrected chi connectivity index (χ1v) is 10.9. The Bertz CT molecular complexity index is 749. The van der Waals surface area contributed by atoms with Crippen molar-refractivity contribution in [3.05, 3.63) is 40.9 Å². The van der Waals surface area contributed by atoms with Crippen LogP contribution in [0.5, 0.6) is 0 Å². The van der Waals surface area contributed by atoms with Gasteiger partial charge in [0.05, 0.1) is 0 Å². The highest BCUT2D eigenvalue weighted by Crippen LogP contribution is 2.19. The molecule has 0 unspecified atom stereocenters. The molecular formula is C19H28ClIN6S. The number of halogens is 2. The highest BCUT2D eigenvalue weighted by molar-refractivity contribution is 14.0. The van der Waals surface area contributed by atoms with Crippen LogP contribution in [0.25, 0.3) is 0 Å². The van der Waals surface area contributed by atoms with Crippen molar-refractivity contribution >= 4 is 53.3 Å². The lowest BCUT2D eigenvalue weighted by Gasteiger charge is -2.11. The van der Waals surface area contributed by atoms with Crippen molar-refractivity contribution in [3.8, 4) is 0 Å². The maximum Gasteiger partial charge on any atom is 0.191 e. The smallest absolute Gasteiger partial charge is 0.191 e. The number of hydrogen-bond acceptors (Lipinski definition) is 4. The van der Waals surface area contributed by atoms with Crippen LogP contribution in [-0.4, -0.2) is 39.6 Å². The molecule has 0 fully saturated rings. The third-order valence-corrected chi connectivity index (χ3v) is 5.65. The summed E-state index contributed by atoms with van der Waals surface area (Å²) in [6, 6.07) is 7.93. The molecule has 0 aliphatic carbocycles. The highest BCUT2D eigenvalue weighted by Gasteiger charge is 2.14. The predicted octanol–water partition coefficient (Wildman–Crippen LogP) is 4.12. The Morgan fingerprint density at radius 1 is 1.18 bits per heavy atom. The van der Waals surface area contributed by atoms with E-state index in [0.717, 1.165) is 54.4 Å². The Hall–Kier alpha value is -1.000. The van der Waals surface area contributed by atoms with Gasteiger partial charge >= 0.3 is 0 Å². The second-order valence-electron chi connectivity index (χ2n) is 6.42. The van der Waals surface area contributed by atoms with E-state index in [2.05, 4.69) is 32.3 Å². The largest absolute Gasteiger partial charge is 0.357 e. The molecule has 2 N–H and O–H groups in total. The molecule has 3 rings (SSSR count). The molecule has 0 radical (unpaired) electrons. The number of aliphatic imine (C=N–C) groups is 1. The lowest BCUT2D eigenvalue weighted by Crippen LogP contribution is -2.38. The van der Waals surface area contributed by atoms with Crippen LogP contribution in [0.2, 0.25) is 5.02 Å². The van der Waals surface area contributed by atoms with Gasteiger partial charge in [-0.25, -0.2) is 4.99 Å². The van der Waals surface area contributed by atoms with Crippen LogP contribution in [0, 0.1) is 0 Å². The van der Waals surface area contributed by atoms with Crippen LogP contribution >= 0.6 is 47.3 Å². The van der Waals surface area contributed by atoms with Crippen molar-refractivity contribution in [1.82, 2.24) is 25.4 Å². The van der Waals surface area contributed by atoms with Crippen LogP contribution < -0.4 is 10.6 Å². The molecule has 2 heterocycles. The molecule has 1 aromatic carbocycles. The van der Waals surface area contributed by atoms with E-state index in [1.807, 2.05) is 24.3 Å². The number of guanidine groups is 1. The van der Waals surface area contributed by atoms with Gasteiger partial charge < -0.3 is 15.2 Å². The lowest BCUT2D eigenvalue weighted by molar-refractivity contribution is 0.605. The van der Waals surface area contributed by atoms with Crippen LogP contribution in [0.4, 0.5) is 0 Å². The average molecular weight is 535 g/mol. The number of nitrogens with one attached hydrogen (secondary N) is 2. The molecule has 0 saturated carbocycles. The normalized spacial score (nSPS) is 14.0. The standard InChI is InChI=1S/C19H27ClN6S.HI/c1-2-21-19(22-11-13-27-16-9-7-15(20)8-10-16)23-14-18-25-24-17-6-4-3-5-12-26(17)18;/h7-10H,2-6,11-14H2,1H3,(H2,21,22,23);1H. The van der Waals surface area contributed by atoms with E-state index < -0.39 is 0 Å². The van der Waals surface area contributed by atoms with Gasteiger partial charge in [-0.2, -0.15) is 0 Å². The van der Waals surface area contributed by atoms with Crippen molar-refractivity contribution in [1.29, 1.82) is 0 Å². The topological polar surface area (TPSA) is 67.1 Å². The number of aromatic nitrogens is 3. The first-order chi connectivity index (χ1) is 13.3. The highest BCUT2D eigenvalue weighted by atomic mass is 127. The van der Waals surface area contributed by atoms with Crippen molar-refractivity contribution in [2.45, 2.75) is 50.6 Å². The van der Waals surface area contributed by atoms with Gasteiger partial charge in [-0.05, 0) is 44.0 Å². The first-order valence-electron chi connectivity index (χ1n) is 9.57. The Labute approximate surface area is 193 Å². The molecular weight excluding hydrogens is 507 g/mol. The second-order valence-corrected chi connectivity index (χ2v) is 8.02. The molecule has 0 atom stereocenters. The number of thioether (sulfide) groups is 1. The fourth-order valence-electron chi connectivity index (χ4n) is 3.02. The van der Waals surface area contributed by atoms with Gasteiger partial charge in [-0.1, -0.05) is 18.0 Å². The summed E-state index contributed by atoms with van der Waals surface area (Å²) < 4.78 is 2.25. The van der Waals surface area contributed by atoms with Crippen molar-refractivity contribution in [2.75, 3.05) is 18.8 Å². The van der Waals surface area contributed by atoms with E-state index in [9.17, 15) is 0 Å². The maximum atomic E-state index is 5.92. The average Bonchev–Trinajstić information content (AvgIpc) is 2.91. The van der Waals surface area contributed by atoms with E-state index in [1.54, 1.807) is 11.8 Å². The van der Waals surface area contributed by atoms with Crippen LogP contribution in [-0.2, 0) is 19.5 Å². The van der Waals surface area contributed by atoms with E-state index in [0.29, 0.717) is 6.54 Å². The van der Waals surface area contributed by atoms with E-state index >= 15 is 0 Å². The Morgan fingerprint density at radius 2 is 2.00 bits per heavy atom. The molecule has 1 aromatic heterocycles. The van der Waals surface area contributed by atoms with Gasteiger partial charge in [-0.15, -0.1) is 45.9 Å². The van der Waals surface area contributed by atoms with Crippen molar-refractivity contribution < 1.29 is 0 Å². The summed E-state index contributed by atoms with van der Waals surface area (Å²) in [5.74, 6) is 3.83. The molecule has 1 aliphatic rings. The molecule has 6 nitrogen and oxygen atoms in total. The van der Waals surface area contributed by atoms with Crippen LogP contribution in [0.15, 0.2) is 34.2 Å². The van der Waals surface area contributed by atoms with E-state index in [-0.39, 0.29) is 24.0 Å². The SMILES string of the molecule is CCNC(=NCc1nnc2n1CCCCC2)NCCSc1ccc(Cl)cc1.I. The summed E-state index contributed by atoms with van der Waals surface area (Å²) in [5, 5.41) is 16.2. The van der Waals surface area contributed by atoms with Gasteiger partial charge in [0.15, 0.2) is 11.8 Å². The summed E-state index contributed by atoms with van der Waals surface area (Å²) in [4.78, 5) is 5.91. The molecule has 28 heavy (non-hydrogen) atoms. The Kier molecular flexibility index (Phi) is 10.4. The van der Waals surface area contributed by atoms with Gasteiger partial charge in [0.25, 0.3) is 0 Å². The van der Waals surface area contributed by atoms with E-state index in [1.165, 1.54) is 24.2 Å². The zero-order chi connectivity index (χ0) is 18.9. The number of benzene rings is 1. The Morgan fingerprint density at radius 3 is 2.79 bits per heavy atom. The summed E-state index contributed by atoms with van der Waals surface area (Å²) in [6.45, 7) is 5.29. The fourth-order valence-corrected chi connectivity index (χ4v) is 3.92. The number of fused-ring (bicyclic) bond motifs is 1. The Balaban J connectivity index is 0.00000280. The van der Waals surface area contributed by atoms with Crippen LogP contribution in [0.3, 0.4) is 0 Å². The summed E-state index contributed by atoms with van der Waals surface area (Å²) >= 11 is 7.72. The third-order valence-electron chi connectivity index (χ3n) is 4.39. The van der Waals surface area contributed by atoms with Gasteiger partial charge in [0.1, 0.15) is 12.4 Å². The maximum absolute atomic E-state index is 5.92. The molecule has 2 aromatic rings. The molecule has 0 amide bonds. The monoisotopic (exact) mass is 534 g/mol. The lowest BCUT2D eigenvalue weighted by atomic mass is 10.2. The zero-order valence-corrected chi connectivity index (χ0v) is 20.1. The van der Waals surface area contributed by atoms with Crippen molar-refractivity contribution in [3.63, 3.8) is 0 Å². The second kappa shape index (κ2) is 12.5. The number of hydrogen-bond donors (Lipinski definition) is 2. The molecule has 9 heteroatoms. The van der Waals surface area contributed by atoms with Gasteiger partial charge in [0, 0.05) is 41.7 Å². The minimum absolute atomic E-state index is 0. The fraction of sp³-hybridized carbons (Fsp3) is 0.526. The molecule has 0 saturated heterocycles. The van der Waals surface area contributed by atoms with Gasteiger partial charge in [-0.3, -0.25) is 0 Å². The molecule has 154 valence electrons. The third kappa shape index (κ3) is 7.11. The first kappa shape index (κ1) is 23.3. The van der Waals surface area contributed by atoms with E-state index in [4.69, 9.17) is 16.6 Å². The molecule has 0 spiro atoms. The quantitative estimate of drug-likeness (QED) is 0.184. The van der Waals surface area contributed by atoms with Gasteiger partial charge in [0.2, 0.25) is 0 Å². The number of aryl methyl sites for hydroxylation is 1. The minimum atomic E-state index is 0. The number of nitrogens with zero attached hydrogens (tertiary/aromatic N) is 4.